The summed E-state index contributed by atoms with van der Waals surface area (Å²) in [6.07, 6.45) is -0.708. The number of alkyl halides is 2. The number of carbonyl (C=O) groups excluding carboxylic acids is 1. The third-order valence-corrected chi connectivity index (χ3v) is 1.61. The van der Waals surface area contributed by atoms with E-state index in [9.17, 15) is 13.6 Å². The summed E-state index contributed by atoms with van der Waals surface area (Å²) in [5.41, 5.74) is -0.348. The Hall–Kier alpha value is -1.45. The lowest BCUT2D eigenvalue weighted by atomic mass is 10.1. The maximum atomic E-state index is 13.0. The molecule has 0 spiro atoms. The Morgan fingerprint density at radius 3 is 2.69 bits per heavy atom. The number of carbonyl (C=O) groups is 1. The second-order valence-corrected chi connectivity index (χ2v) is 2.63. The standard InChI is InChI=1S/C9H8F2O2/c10-9(11,4-5-12)7-2-1-3-8(13)6-7/h1-3,5-6,13H,4H2. The van der Waals surface area contributed by atoms with Crippen molar-refractivity contribution in [1.82, 2.24) is 0 Å². The van der Waals surface area contributed by atoms with Crippen molar-refractivity contribution >= 4 is 6.29 Å². The molecule has 2 nitrogen and oxygen atoms in total. The smallest absolute Gasteiger partial charge is 0.279 e. The Balaban J connectivity index is 2.99. The lowest BCUT2D eigenvalue weighted by Crippen LogP contribution is -2.13. The first-order chi connectivity index (χ1) is 6.06. The van der Waals surface area contributed by atoms with Crippen molar-refractivity contribution in [1.29, 1.82) is 0 Å². The number of hydrogen-bond acceptors (Lipinski definition) is 2. The SMILES string of the molecule is O=CCC(F)(F)c1cccc(O)c1. The first kappa shape index (κ1) is 9.64. The van der Waals surface area contributed by atoms with E-state index in [0.717, 1.165) is 6.07 Å². The van der Waals surface area contributed by atoms with Crippen molar-refractivity contribution in [2.45, 2.75) is 12.3 Å². The number of rotatable bonds is 3. The number of halogens is 2. The number of aromatic hydroxyl groups is 1. The molecule has 1 aromatic carbocycles. The molecule has 0 aliphatic carbocycles. The van der Waals surface area contributed by atoms with Gasteiger partial charge in [-0.1, -0.05) is 12.1 Å². The first-order valence-corrected chi connectivity index (χ1v) is 3.67. The van der Waals surface area contributed by atoms with E-state index >= 15 is 0 Å². The second kappa shape index (κ2) is 3.51. The monoisotopic (exact) mass is 186 g/mol. The van der Waals surface area contributed by atoms with Crippen LogP contribution in [0.3, 0.4) is 0 Å². The number of hydrogen-bond donors (Lipinski definition) is 1. The van der Waals surface area contributed by atoms with Gasteiger partial charge in [0.1, 0.15) is 12.0 Å². The number of phenolic OH excluding ortho intramolecular Hbond substituents is 1. The maximum absolute atomic E-state index is 13.0. The predicted molar refractivity (Wildman–Crippen MR) is 42.7 cm³/mol. The average Bonchev–Trinajstić information content (AvgIpc) is 2.04. The quantitative estimate of drug-likeness (QED) is 0.733. The number of aldehydes is 1. The Bertz CT molecular complexity index is 310. The third-order valence-electron chi connectivity index (χ3n) is 1.61. The molecule has 0 aromatic heterocycles. The molecule has 0 heterocycles. The van der Waals surface area contributed by atoms with Crippen LogP contribution >= 0.6 is 0 Å². The van der Waals surface area contributed by atoms with Crippen molar-refractivity contribution in [2.24, 2.45) is 0 Å². The lowest BCUT2D eigenvalue weighted by Gasteiger charge is -2.13. The fourth-order valence-electron chi connectivity index (χ4n) is 0.956. The molecule has 0 saturated carbocycles. The van der Waals surface area contributed by atoms with E-state index in [-0.39, 0.29) is 17.6 Å². The minimum atomic E-state index is -3.19. The van der Waals surface area contributed by atoms with Crippen LogP contribution in [0, 0.1) is 0 Å². The van der Waals surface area contributed by atoms with E-state index in [4.69, 9.17) is 5.11 Å². The molecule has 13 heavy (non-hydrogen) atoms. The van der Waals surface area contributed by atoms with Crippen LogP contribution in [0.4, 0.5) is 8.78 Å². The van der Waals surface area contributed by atoms with E-state index in [2.05, 4.69) is 0 Å². The molecule has 0 aliphatic heterocycles. The molecule has 1 aromatic rings. The van der Waals surface area contributed by atoms with Gasteiger partial charge in [-0.2, -0.15) is 0 Å². The van der Waals surface area contributed by atoms with Gasteiger partial charge in [0.25, 0.3) is 5.92 Å². The van der Waals surface area contributed by atoms with Gasteiger partial charge in [0, 0.05) is 5.56 Å². The highest BCUT2D eigenvalue weighted by Gasteiger charge is 2.30. The van der Waals surface area contributed by atoms with E-state index in [1.807, 2.05) is 0 Å². The summed E-state index contributed by atoms with van der Waals surface area (Å²) in [4.78, 5) is 9.94. The van der Waals surface area contributed by atoms with Crippen LogP contribution < -0.4 is 0 Å². The van der Waals surface area contributed by atoms with E-state index in [1.54, 1.807) is 0 Å². The summed E-state index contributed by atoms with van der Waals surface area (Å²) in [5, 5.41) is 8.92. The molecule has 0 radical (unpaired) electrons. The minimum Gasteiger partial charge on any atom is -0.508 e. The highest BCUT2D eigenvalue weighted by Crippen LogP contribution is 2.32. The summed E-state index contributed by atoms with van der Waals surface area (Å²) in [7, 11) is 0. The molecule has 1 N–H and O–H groups in total. The molecule has 0 atom stereocenters. The average molecular weight is 186 g/mol. The van der Waals surface area contributed by atoms with Gasteiger partial charge in [0.2, 0.25) is 0 Å². The molecule has 70 valence electrons. The molecular weight excluding hydrogens is 178 g/mol. The molecule has 1 rings (SSSR count). The molecule has 0 amide bonds. The van der Waals surface area contributed by atoms with Crippen LogP contribution in [0.5, 0.6) is 5.75 Å². The highest BCUT2D eigenvalue weighted by atomic mass is 19.3. The van der Waals surface area contributed by atoms with Crippen LogP contribution in [0.2, 0.25) is 0 Å². The van der Waals surface area contributed by atoms with Crippen molar-refractivity contribution in [3.8, 4) is 5.75 Å². The zero-order valence-electron chi connectivity index (χ0n) is 6.71. The summed E-state index contributed by atoms with van der Waals surface area (Å²) < 4.78 is 26.0. The van der Waals surface area contributed by atoms with Gasteiger partial charge in [-0.05, 0) is 12.1 Å². The van der Waals surface area contributed by atoms with Crippen molar-refractivity contribution in [3.63, 3.8) is 0 Å². The van der Waals surface area contributed by atoms with E-state index < -0.39 is 12.3 Å². The summed E-state index contributed by atoms with van der Waals surface area (Å²) in [6, 6.07) is 4.72. The molecule has 0 aliphatic rings. The van der Waals surface area contributed by atoms with Crippen molar-refractivity contribution < 1.29 is 18.7 Å². The van der Waals surface area contributed by atoms with Gasteiger partial charge in [-0.3, -0.25) is 0 Å². The zero-order chi connectivity index (χ0) is 9.90. The topological polar surface area (TPSA) is 37.3 Å². The fourth-order valence-corrected chi connectivity index (χ4v) is 0.956. The van der Waals surface area contributed by atoms with Gasteiger partial charge in [-0.25, -0.2) is 8.78 Å². The maximum Gasteiger partial charge on any atom is 0.279 e. The molecule has 0 unspecified atom stereocenters. The second-order valence-electron chi connectivity index (χ2n) is 2.63. The molecular formula is C9H8F2O2. The summed E-state index contributed by atoms with van der Waals surface area (Å²) in [6.45, 7) is 0. The van der Waals surface area contributed by atoms with Crippen molar-refractivity contribution in [3.05, 3.63) is 29.8 Å². The molecule has 0 saturated heterocycles. The molecule has 0 fully saturated rings. The first-order valence-electron chi connectivity index (χ1n) is 3.67. The Morgan fingerprint density at radius 2 is 2.15 bits per heavy atom. The predicted octanol–water partition coefficient (Wildman–Crippen LogP) is 2.07. The van der Waals surface area contributed by atoms with Gasteiger partial charge in [-0.15, -0.1) is 0 Å². The Kier molecular flexibility index (Phi) is 2.60. The summed E-state index contributed by atoms with van der Waals surface area (Å²) in [5.74, 6) is -3.43. The van der Waals surface area contributed by atoms with E-state index in [1.165, 1.54) is 18.2 Å². The van der Waals surface area contributed by atoms with Crippen LogP contribution in [-0.4, -0.2) is 11.4 Å². The van der Waals surface area contributed by atoms with Crippen LogP contribution in [0.1, 0.15) is 12.0 Å². The fraction of sp³-hybridized carbons (Fsp3) is 0.222. The highest BCUT2D eigenvalue weighted by molar-refractivity contribution is 5.52. The molecule has 0 bridgehead atoms. The Labute approximate surface area is 73.8 Å². The van der Waals surface area contributed by atoms with Crippen LogP contribution in [0.25, 0.3) is 0 Å². The number of benzene rings is 1. The Morgan fingerprint density at radius 1 is 1.46 bits per heavy atom. The van der Waals surface area contributed by atoms with E-state index in [0.29, 0.717) is 0 Å². The van der Waals surface area contributed by atoms with Gasteiger partial charge >= 0.3 is 0 Å². The normalized spacial score (nSPS) is 11.2. The minimum absolute atomic E-state index is 0.157. The van der Waals surface area contributed by atoms with Gasteiger partial charge in [0.15, 0.2) is 0 Å². The van der Waals surface area contributed by atoms with Crippen LogP contribution in [-0.2, 0) is 10.7 Å². The summed E-state index contributed by atoms with van der Waals surface area (Å²) >= 11 is 0. The largest absolute Gasteiger partial charge is 0.508 e. The molecule has 4 heteroatoms. The third kappa shape index (κ3) is 2.24. The number of phenols is 1. The van der Waals surface area contributed by atoms with Gasteiger partial charge < -0.3 is 9.90 Å². The zero-order valence-corrected chi connectivity index (χ0v) is 6.71. The van der Waals surface area contributed by atoms with Gasteiger partial charge in [0.05, 0.1) is 6.42 Å². The van der Waals surface area contributed by atoms with Crippen LogP contribution in [0.15, 0.2) is 24.3 Å². The van der Waals surface area contributed by atoms with Crippen molar-refractivity contribution in [2.75, 3.05) is 0 Å². The lowest BCUT2D eigenvalue weighted by molar-refractivity contribution is -0.115.